The van der Waals surface area contributed by atoms with Crippen molar-refractivity contribution >= 4 is 29.0 Å². The Morgan fingerprint density at radius 3 is 2.58 bits per heavy atom. The second-order valence-corrected chi connectivity index (χ2v) is 6.30. The summed E-state index contributed by atoms with van der Waals surface area (Å²) in [4.78, 5) is 20.6. The molecule has 0 aliphatic heterocycles. The Kier molecular flexibility index (Phi) is 5.81. The zero-order valence-electron chi connectivity index (χ0n) is 14.4. The predicted molar refractivity (Wildman–Crippen MR) is 104 cm³/mol. The molecule has 132 valence electrons. The van der Waals surface area contributed by atoms with Gasteiger partial charge in [-0.2, -0.15) is 0 Å². The Balaban J connectivity index is 1.55. The van der Waals surface area contributed by atoms with Crippen molar-refractivity contribution in [3.05, 3.63) is 82.8 Å². The number of anilines is 2. The third kappa shape index (κ3) is 4.80. The Morgan fingerprint density at radius 2 is 1.88 bits per heavy atom. The summed E-state index contributed by atoms with van der Waals surface area (Å²) < 4.78 is 0. The molecular weight excluding hydrogens is 348 g/mol. The number of hydrogen-bond donors (Lipinski definition) is 2. The van der Waals surface area contributed by atoms with Crippen LogP contribution in [0.3, 0.4) is 0 Å². The third-order valence-corrected chi connectivity index (χ3v) is 4.11. The zero-order chi connectivity index (χ0) is 18.4. The largest absolute Gasteiger partial charge is 0.350 e. The fourth-order valence-electron chi connectivity index (χ4n) is 2.47. The number of rotatable bonds is 6. The van der Waals surface area contributed by atoms with Crippen LogP contribution in [0.4, 0.5) is 11.5 Å². The van der Waals surface area contributed by atoms with Crippen LogP contribution in [-0.4, -0.2) is 22.4 Å². The van der Waals surface area contributed by atoms with Crippen LogP contribution in [0, 0.1) is 6.92 Å². The van der Waals surface area contributed by atoms with Crippen LogP contribution in [-0.2, 0) is 6.42 Å². The smallest absolute Gasteiger partial charge is 0.271 e. The van der Waals surface area contributed by atoms with Gasteiger partial charge in [0.15, 0.2) is 0 Å². The molecule has 0 radical (unpaired) electrons. The molecule has 6 heteroatoms. The molecule has 3 rings (SSSR count). The number of aryl methyl sites for hydroxylation is 1. The highest BCUT2D eigenvalue weighted by atomic mass is 35.5. The van der Waals surface area contributed by atoms with E-state index in [1.165, 1.54) is 11.8 Å². The van der Waals surface area contributed by atoms with Crippen LogP contribution in [0.2, 0.25) is 5.02 Å². The molecule has 0 bridgehead atoms. The first-order chi connectivity index (χ1) is 12.6. The highest BCUT2D eigenvalue weighted by molar-refractivity contribution is 6.30. The van der Waals surface area contributed by atoms with Crippen LogP contribution in [0.1, 0.15) is 21.6 Å². The molecular formula is C20H19ClN4O. The Labute approximate surface area is 157 Å². The van der Waals surface area contributed by atoms with E-state index >= 15 is 0 Å². The Morgan fingerprint density at radius 1 is 1.08 bits per heavy atom. The molecule has 2 N–H and O–H groups in total. The Hall–Kier alpha value is -2.92. The molecule has 26 heavy (non-hydrogen) atoms. The van der Waals surface area contributed by atoms with Gasteiger partial charge in [0.05, 0.1) is 12.4 Å². The lowest BCUT2D eigenvalue weighted by Gasteiger charge is -2.09. The van der Waals surface area contributed by atoms with E-state index in [2.05, 4.69) is 20.6 Å². The highest BCUT2D eigenvalue weighted by Crippen LogP contribution is 2.22. The first-order valence-corrected chi connectivity index (χ1v) is 8.67. The van der Waals surface area contributed by atoms with Gasteiger partial charge in [-0.3, -0.25) is 4.79 Å². The maximum absolute atomic E-state index is 12.1. The van der Waals surface area contributed by atoms with Crippen molar-refractivity contribution in [3.63, 3.8) is 0 Å². The molecule has 0 fully saturated rings. The summed E-state index contributed by atoms with van der Waals surface area (Å²) in [6.07, 6.45) is 3.78. The number of nitrogens with zero attached hydrogens (tertiary/aromatic N) is 2. The van der Waals surface area contributed by atoms with Crippen molar-refractivity contribution in [2.75, 3.05) is 11.9 Å². The number of amides is 1. The molecule has 0 spiro atoms. The number of halogens is 1. The van der Waals surface area contributed by atoms with Gasteiger partial charge in [0.2, 0.25) is 0 Å². The number of aromatic nitrogens is 2. The molecule has 0 aliphatic rings. The number of benzene rings is 2. The molecule has 0 aliphatic carbocycles. The highest BCUT2D eigenvalue weighted by Gasteiger charge is 2.08. The second-order valence-electron chi connectivity index (χ2n) is 5.86. The SMILES string of the molecule is Cc1cc(Cl)ccc1Nc1cnc(C(=O)NCCc2ccccc2)cn1. The van der Waals surface area contributed by atoms with Crippen LogP contribution in [0.15, 0.2) is 60.9 Å². The van der Waals surface area contributed by atoms with Crippen molar-refractivity contribution in [1.29, 1.82) is 0 Å². The predicted octanol–water partition coefficient (Wildman–Crippen LogP) is 4.15. The lowest BCUT2D eigenvalue weighted by Crippen LogP contribution is -2.26. The summed E-state index contributed by atoms with van der Waals surface area (Å²) in [5.74, 6) is 0.332. The van der Waals surface area contributed by atoms with E-state index in [4.69, 9.17) is 11.6 Å². The van der Waals surface area contributed by atoms with Gasteiger partial charge in [-0.25, -0.2) is 9.97 Å². The lowest BCUT2D eigenvalue weighted by atomic mass is 10.1. The van der Waals surface area contributed by atoms with Crippen LogP contribution >= 0.6 is 11.6 Å². The molecule has 2 aromatic carbocycles. The quantitative estimate of drug-likeness (QED) is 0.687. The minimum atomic E-state index is -0.234. The fraction of sp³-hybridized carbons (Fsp3) is 0.150. The lowest BCUT2D eigenvalue weighted by molar-refractivity contribution is 0.0949. The van der Waals surface area contributed by atoms with Crippen molar-refractivity contribution in [2.24, 2.45) is 0 Å². The van der Waals surface area contributed by atoms with Gasteiger partial charge in [0.1, 0.15) is 11.5 Å². The monoisotopic (exact) mass is 366 g/mol. The van der Waals surface area contributed by atoms with Crippen molar-refractivity contribution in [3.8, 4) is 0 Å². The van der Waals surface area contributed by atoms with Crippen LogP contribution in [0.25, 0.3) is 0 Å². The number of hydrogen-bond acceptors (Lipinski definition) is 4. The summed E-state index contributed by atoms with van der Waals surface area (Å²) in [6, 6.07) is 15.6. The third-order valence-electron chi connectivity index (χ3n) is 3.88. The van der Waals surface area contributed by atoms with Gasteiger partial charge in [-0.05, 0) is 42.7 Å². The number of carbonyl (C=O) groups is 1. The maximum atomic E-state index is 12.1. The molecule has 0 saturated carbocycles. The van der Waals surface area contributed by atoms with E-state index < -0.39 is 0 Å². The molecule has 5 nitrogen and oxygen atoms in total. The van der Waals surface area contributed by atoms with Crippen molar-refractivity contribution in [2.45, 2.75) is 13.3 Å². The summed E-state index contributed by atoms with van der Waals surface area (Å²) in [5, 5.41) is 6.70. The molecule has 1 amide bonds. The minimum Gasteiger partial charge on any atom is -0.350 e. The first kappa shape index (κ1) is 17.9. The zero-order valence-corrected chi connectivity index (χ0v) is 15.1. The average molecular weight is 367 g/mol. The number of carbonyl (C=O) groups excluding carboxylic acids is 1. The topological polar surface area (TPSA) is 66.9 Å². The molecule has 0 unspecified atom stereocenters. The Bertz CT molecular complexity index is 882. The van der Waals surface area contributed by atoms with E-state index in [9.17, 15) is 4.79 Å². The standard InChI is InChI=1S/C20H19ClN4O/c1-14-11-16(21)7-8-17(14)25-19-13-23-18(12-24-19)20(26)22-10-9-15-5-3-2-4-6-15/h2-8,11-13H,9-10H2,1H3,(H,22,26)(H,24,25). The van der Waals surface area contributed by atoms with Gasteiger partial charge >= 0.3 is 0 Å². The normalized spacial score (nSPS) is 10.4. The van der Waals surface area contributed by atoms with Gasteiger partial charge < -0.3 is 10.6 Å². The summed E-state index contributed by atoms with van der Waals surface area (Å²) in [7, 11) is 0. The summed E-state index contributed by atoms with van der Waals surface area (Å²) >= 11 is 5.96. The van der Waals surface area contributed by atoms with E-state index in [0.29, 0.717) is 17.4 Å². The summed E-state index contributed by atoms with van der Waals surface area (Å²) in [6.45, 7) is 2.50. The van der Waals surface area contributed by atoms with Crippen molar-refractivity contribution in [1.82, 2.24) is 15.3 Å². The second kappa shape index (κ2) is 8.45. The molecule has 1 heterocycles. The molecule has 0 saturated heterocycles. The molecule has 1 aromatic heterocycles. The van der Waals surface area contributed by atoms with Gasteiger partial charge in [0, 0.05) is 17.3 Å². The first-order valence-electron chi connectivity index (χ1n) is 8.29. The summed E-state index contributed by atoms with van der Waals surface area (Å²) in [5.41, 5.74) is 3.36. The van der Waals surface area contributed by atoms with Crippen LogP contribution in [0.5, 0.6) is 0 Å². The molecule has 3 aromatic rings. The van der Waals surface area contributed by atoms with E-state index in [-0.39, 0.29) is 11.6 Å². The maximum Gasteiger partial charge on any atom is 0.271 e. The van der Waals surface area contributed by atoms with Crippen LogP contribution < -0.4 is 10.6 Å². The van der Waals surface area contributed by atoms with E-state index in [1.807, 2.05) is 49.4 Å². The van der Waals surface area contributed by atoms with Crippen molar-refractivity contribution < 1.29 is 4.79 Å². The molecule has 0 atom stereocenters. The minimum absolute atomic E-state index is 0.234. The number of nitrogens with one attached hydrogen (secondary N) is 2. The van der Waals surface area contributed by atoms with E-state index in [0.717, 1.165) is 17.7 Å². The van der Waals surface area contributed by atoms with Gasteiger partial charge in [-0.1, -0.05) is 41.9 Å². The average Bonchev–Trinajstić information content (AvgIpc) is 2.65. The van der Waals surface area contributed by atoms with Gasteiger partial charge in [0.25, 0.3) is 5.91 Å². The van der Waals surface area contributed by atoms with E-state index in [1.54, 1.807) is 12.3 Å². The van der Waals surface area contributed by atoms with Gasteiger partial charge in [-0.15, -0.1) is 0 Å². The fourth-order valence-corrected chi connectivity index (χ4v) is 2.70.